The summed E-state index contributed by atoms with van der Waals surface area (Å²) in [5.74, 6) is 0.277. The van der Waals surface area contributed by atoms with Gasteiger partial charge in [-0.1, -0.05) is 26.0 Å². The van der Waals surface area contributed by atoms with E-state index < -0.39 is 0 Å². The van der Waals surface area contributed by atoms with Crippen LogP contribution in [-0.4, -0.2) is 11.6 Å². The van der Waals surface area contributed by atoms with Crippen LogP contribution in [0.3, 0.4) is 0 Å². The largest absolute Gasteiger partial charge is 0.290 e. The van der Waals surface area contributed by atoms with Gasteiger partial charge in [0, 0.05) is 16.7 Å². The molecule has 1 rings (SSSR count). The molecule has 15 heavy (non-hydrogen) atoms. The quantitative estimate of drug-likeness (QED) is 0.648. The molecule has 0 unspecified atom stereocenters. The summed E-state index contributed by atoms with van der Waals surface area (Å²) in [5, 5.41) is 0. The number of Topliss-reactive ketones (excluding diaryl/α,β-unsaturated/α-hetero) is 1. The Labute approximate surface area is 90.4 Å². The van der Waals surface area contributed by atoms with Crippen molar-refractivity contribution in [1.29, 1.82) is 0 Å². The summed E-state index contributed by atoms with van der Waals surface area (Å²) in [5.41, 5.74) is 1.60. The van der Waals surface area contributed by atoms with Crippen LogP contribution in [-0.2, 0) is 9.59 Å². The molecule has 0 saturated heterocycles. The van der Waals surface area contributed by atoms with Gasteiger partial charge >= 0.3 is 0 Å². The molecule has 2 nitrogen and oxygen atoms in total. The van der Waals surface area contributed by atoms with Crippen molar-refractivity contribution in [3.63, 3.8) is 0 Å². The lowest BCUT2D eigenvalue weighted by molar-refractivity contribution is -0.115. The van der Waals surface area contributed by atoms with Crippen LogP contribution in [0.1, 0.15) is 27.7 Å². The second-order valence-electron chi connectivity index (χ2n) is 4.16. The molecule has 0 spiro atoms. The predicted molar refractivity (Wildman–Crippen MR) is 60.4 cm³/mol. The zero-order valence-corrected chi connectivity index (χ0v) is 9.63. The Morgan fingerprint density at radius 2 is 1.80 bits per heavy atom. The van der Waals surface area contributed by atoms with Gasteiger partial charge in [-0.15, -0.1) is 0 Å². The fourth-order valence-corrected chi connectivity index (χ4v) is 1.38. The fraction of sp³-hybridized carbons (Fsp3) is 0.385. The molecule has 0 bridgehead atoms. The SMILES string of the molecule is CC1=CC(=O)C(C)=C(/C=C\C(C)C)C1=O. The van der Waals surface area contributed by atoms with Crippen molar-refractivity contribution in [2.45, 2.75) is 27.7 Å². The standard InChI is InChI=1S/C13H16O2/c1-8(2)5-6-11-10(4)12(14)7-9(3)13(11)15/h5-8H,1-4H3/b6-5-. The Bertz CT molecular complexity index is 393. The highest BCUT2D eigenvalue weighted by atomic mass is 16.1. The average molecular weight is 204 g/mol. The first-order valence-corrected chi connectivity index (χ1v) is 5.10. The van der Waals surface area contributed by atoms with Crippen LogP contribution in [0.2, 0.25) is 0 Å². The number of ketones is 2. The van der Waals surface area contributed by atoms with Gasteiger partial charge in [0.2, 0.25) is 0 Å². The second kappa shape index (κ2) is 4.39. The molecule has 0 heterocycles. The maximum atomic E-state index is 11.8. The highest BCUT2D eigenvalue weighted by Crippen LogP contribution is 2.20. The molecule has 0 fully saturated rings. The lowest BCUT2D eigenvalue weighted by Crippen LogP contribution is -2.15. The van der Waals surface area contributed by atoms with Gasteiger partial charge in [0.1, 0.15) is 0 Å². The summed E-state index contributed by atoms with van der Waals surface area (Å²) in [7, 11) is 0. The van der Waals surface area contributed by atoms with Crippen molar-refractivity contribution in [2.24, 2.45) is 5.92 Å². The van der Waals surface area contributed by atoms with Crippen molar-refractivity contribution in [3.8, 4) is 0 Å². The Kier molecular flexibility index (Phi) is 3.40. The number of allylic oxidation sites excluding steroid dienone is 6. The zero-order chi connectivity index (χ0) is 11.6. The number of rotatable bonds is 2. The first-order chi connectivity index (χ1) is 6.93. The van der Waals surface area contributed by atoms with E-state index in [0.29, 0.717) is 22.6 Å². The topological polar surface area (TPSA) is 34.1 Å². The first-order valence-electron chi connectivity index (χ1n) is 5.10. The van der Waals surface area contributed by atoms with Crippen molar-refractivity contribution in [1.82, 2.24) is 0 Å². The Morgan fingerprint density at radius 1 is 1.20 bits per heavy atom. The highest BCUT2D eigenvalue weighted by molar-refractivity contribution is 6.23. The van der Waals surface area contributed by atoms with E-state index in [-0.39, 0.29) is 11.6 Å². The van der Waals surface area contributed by atoms with Gasteiger partial charge in [-0.05, 0) is 25.8 Å². The summed E-state index contributed by atoms with van der Waals surface area (Å²) in [4.78, 5) is 23.2. The minimum Gasteiger partial charge on any atom is -0.290 e. The van der Waals surface area contributed by atoms with Crippen molar-refractivity contribution >= 4 is 11.6 Å². The van der Waals surface area contributed by atoms with Gasteiger partial charge in [0.25, 0.3) is 0 Å². The predicted octanol–water partition coefficient (Wildman–Crippen LogP) is 2.61. The van der Waals surface area contributed by atoms with E-state index in [1.54, 1.807) is 19.9 Å². The molecular formula is C13H16O2. The molecule has 0 aromatic carbocycles. The van der Waals surface area contributed by atoms with Gasteiger partial charge in [-0.25, -0.2) is 0 Å². The monoisotopic (exact) mass is 204 g/mol. The maximum absolute atomic E-state index is 11.8. The molecule has 2 heteroatoms. The minimum absolute atomic E-state index is 0.0380. The van der Waals surface area contributed by atoms with Gasteiger partial charge in [0.05, 0.1) is 0 Å². The smallest absolute Gasteiger partial charge is 0.189 e. The summed E-state index contributed by atoms with van der Waals surface area (Å²) >= 11 is 0. The number of hydrogen-bond donors (Lipinski definition) is 0. The molecule has 0 aliphatic heterocycles. The minimum atomic E-state index is -0.0597. The highest BCUT2D eigenvalue weighted by Gasteiger charge is 2.21. The van der Waals surface area contributed by atoms with E-state index in [4.69, 9.17) is 0 Å². The number of carbonyl (C=O) groups is 2. The molecular weight excluding hydrogens is 188 g/mol. The molecule has 0 aromatic rings. The van der Waals surface area contributed by atoms with E-state index in [1.807, 2.05) is 19.9 Å². The summed E-state index contributed by atoms with van der Waals surface area (Å²) < 4.78 is 0. The molecule has 0 saturated carbocycles. The van der Waals surface area contributed by atoms with Crippen LogP contribution >= 0.6 is 0 Å². The van der Waals surface area contributed by atoms with E-state index in [9.17, 15) is 9.59 Å². The van der Waals surface area contributed by atoms with Gasteiger partial charge in [-0.2, -0.15) is 0 Å². The number of hydrogen-bond acceptors (Lipinski definition) is 2. The van der Waals surface area contributed by atoms with Crippen LogP contribution in [0.5, 0.6) is 0 Å². The van der Waals surface area contributed by atoms with Gasteiger partial charge in [-0.3, -0.25) is 9.59 Å². The Hall–Kier alpha value is -1.44. The van der Waals surface area contributed by atoms with Crippen LogP contribution in [0.25, 0.3) is 0 Å². The lowest BCUT2D eigenvalue weighted by atomic mass is 9.90. The van der Waals surface area contributed by atoms with Gasteiger partial charge < -0.3 is 0 Å². The Morgan fingerprint density at radius 3 is 2.33 bits per heavy atom. The lowest BCUT2D eigenvalue weighted by Gasteiger charge is -2.11. The van der Waals surface area contributed by atoms with E-state index in [0.717, 1.165) is 0 Å². The van der Waals surface area contributed by atoms with E-state index in [1.165, 1.54) is 6.08 Å². The molecule has 1 aliphatic carbocycles. The van der Waals surface area contributed by atoms with Crippen molar-refractivity contribution in [2.75, 3.05) is 0 Å². The van der Waals surface area contributed by atoms with Crippen molar-refractivity contribution < 1.29 is 9.59 Å². The van der Waals surface area contributed by atoms with Crippen molar-refractivity contribution in [3.05, 3.63) is 34.9 Å². The molecule has 0 aromatic heterocycles. The molecule has 80 valence electrons. The third-order valence-electron chi connectivity index (χ3n) is 2.37. The molecule has 0 atom stereocenters. The van der Waals surface area contributed by atoms with Crippen LogP contribution in [0.4, 0.5) is 0 Å². The third kappa shape index (κ3) is 2.52. The molecule has 0 N–H and O–H groups in total. The summed E-state index contributed by atoms with van der Waals surface area (Å²) in [6.45, 7) is 7.44. The zero-order valence-electron chi connectivity index (χ0n) is 9.63. The van der Waals surface area contributed by atoms with E-state index >= 15 is 0 Å². The third-order valence-corrected chi connectivity index (χ3v) is 2.37. The molecule has 0 radical (unpaired) electrons. The second-order valence-corrected chi connectivity index (χ2v) is 4.16. The maximum Gasteiger partial charge on any atom is 0.189 e. The summed E-state index contributed by atoms with van der Waals surface area (Å²) in [6, 6.07) is 0. The Balaban J connectivity index is 3.09. The van der Waals surface area contributed by atoms with E-state index in [2.05, 4.69) is 0 Å². The normalized spacial score (nSPS) is 18.1. The fourth-order valence-electron chi connectivity index (χ4n) is 1.38. The first kappa shape index (κ1) is 11.6. The van der Waals surface area contributed by atoms with Crippen LogP contribution in [0, 0.1) is 5.92 Å². The van der Waals surface area contributed by atoms with Crippen LogP contribution in [0.15, 0.2) is 34.9 Å². The average Bonchev–Trinajstić information content (AvgIpc) is 2.14. The molecule has 0 amide bonds. The summed E-state index contributed by atoms with van der Waals surface area (Å²) in [6.07, 6.45) is 5.10. The number of carbonyl (C=O) groups excluding carboxylic acids is 2. The van der Waals surface area contributed by atoms with Gasteiger partial charge in [0.15, 0.2) is 11.6 Å². The van der Waals surface area contributed by atoms with Crippen LogP contribution < -0.4 is 0 Å². The molecule has 1 aliphatic rings.